The zero-order valence-electron chi connectivity index (χ0n) is 6.54. The SMILES string of the molecule is Nc1cc2cn[nH]c(=O)c2cc1Cl. The van der Waals surface area contributed by atoms with Gasteiger partial charge in [0.25, 0.3) is 5.56 Å². The molecule has 0 saturated carbocycles. The van der Waals surface area contributed by atoms with Crippen LogP contribution in [0.4, 0.5) is 5.69 Å². The van der Waals surface area contributed by atoms with E-state index in [1.165, 1.54) is 12.3 Å². The smallest absolute Gasteiger partial charge is 0.272 e. The Morgan fingerprint density at radius 2 is 2.23 bits per heavy atom. The number of fused-ring (bicyclic) bond motifs is 1. The summed E-state index contributed by atoms with van der Waals surface area (Å²) in [5.41, 5.74) is 5.75. The van der Waals surface area contributed by atoms with Crippen LogP contribution in [0.2, 0.25) is 5.02 Å². The van der Waals surface area contributed by atoms with E-state index >= 15 is 0 Å². The van der Waals surface area contributed by atoms with Crippen molar-refractivity contribution in [2.45, 2.75) is 0 Å². The molecule has 13 heavy (non-hydrogen) atoms. The third-order valence-corrected chi connectivity index (χ3v) is 2.11. The van der Waals surface area contributed by atoms with Crippen LogP contribution in [-0.4, -0.2) is 10.2 Å². The molecule has 1 aromatic heterocycles. The Labute approximate surface area is 78.3 Å². The monoisotopic (exact) mass is 195 g/mol. The van der Waals surface area contributed by atoms with E-state index in [-0.39, 0.29) is 5.56 Å². The number of hydrogen-bond donors (Lipinski definition) is 2. The fourth-order valence-electron chi connectivity index (χ4n) is 1.13. The van der Waals surface area contributed by atoms with Crippen LogP contribution >= 0.6 is 11.6 Å². The molecule has 0 aliphatic heterocycles. The largest absolute Gasteiger partial charge is 0.398 e. The number of hydrogen-bond acceptors (Lipinski definition) is 3. The van der Waals surface area contributed by atoms with Gasteiger partial charge in [0.2, 0.25) is 0 Å². The van der Waals surface area contributed by atoms with E-state index in [4.69, 9.17) is 17.3 Å². The highest BCUT2D eigenvalue weighted by atomic mass is 35.5. The average molecular weight is 196 g/mol. The highest BCUT2D eigenvalue weighted by molar-refractivity contribution is 6.33. The van der Waals surface area contributed by atoms with Crippen molar-refractivity contribution in [1.29, 1.82) is 0 Å². The zero-order valence-corrected chi connectivity index (χ0v) is 7.30. The third kappa shape index (κ3) is 1.25. The minimum atomic E-state index is -0.264. The number of nitrogens with one attached hydrogen (secondary N) is 1. The molecular weight excluding hydrogens is 190 g/mol. The van der Waals surface area contributed by atoms with Gasteiger partial charge in [0, 0.05) is 5.39 Å². The summed E-state index contributed by atoms with van der Waals surface area (Å²) in [6.07, 6.45) is 1.53. The molecule has 0 radical (unpaired) electrons. The van der Waals surface area contributed by atoms with E-state index in [1.54, 1.807) is 6.07 Å². The highest BCUT2D eigenvalue weighted by Gasteiger charge is 2.02. The summed E-state index contributed by atoms with van der Waals surface area (Å²) in [5, 5.41) is 7.52. The number of aromatic amines is 1. The van der Waals surface area contributed by atoms with Gasteiger partial charge in [-0.05, 0) is 12.1 Å². The first-order valence-corrected chi connectivity index (χ1v) is 3.98. The lowest BCUT2D eigenvalue weighted by Crippen LogP contribution is -2.07. The average Bonchev–Trinajstić information content (AvgIpc) is 2.09. The number of nitrogens with two attached hydrogens (primary N) is 1. The molecular formula is C8H6ClN3O. The third-order valence-electron chi connectivity index (χ3n) is 1.78. The number of rotatable bonds is 0. The first-order chi connectivity index (χ1) is 6.18. The second-order valence-corrected chi connectivity index (χ2v) is 3.07. The van der Waals surface area contributed by atoms with Crippen molar-refractivity contribution < 1.29 is 0 Å². The Balaban J connectivity index is 2.97. The van der Waals surface area contributed by atoms with Crippen molar-refractivity contribution in [3.63, 3.8) is 0 Å². The van der Waals surface area contributed by atoms with E-state index in [0.29, 0.717) is 21.5 Å². The molecule has 2 aromatic rings. The van der Waals surface area contributed by atoms with Gasteiger partial charge in [0.15, 0.2) is 0 Å². The number of H-pyrrole nitrogens is 1. The minimum Gasteiger partial charge on any atom is -0.398 e. The van der Waals surface area contributed by atoms with Crippen molar-refractivity contribution in [3.05, 3.63) is 33.7 Å². The maximum Gasteiger partial charge on any atom is 0.272 e. The van der Waals surface area contributed by atoms with Crippen molar-refractivity contribution in [3.8, 4) is 0 Å². The first-order valence-electron chi connectivity index (χ1n) is 3.61. The molecule has 5 heteroatoms. The van der Waals surface area contributed by atoms with Crippen LogP contribution in [0, 0.1) is 0 Å². The molecule has 1 heterocycles. The number of anilines is 1. The van der Waals surface area contributed by atoms with Crippen molar-refractivity contribution in [2.24, 2.45) is 0 Å². The molecule has 0 aliphatic rings. The van der Waals surface area contributed by atoms with Crippen LogP contribution in [-0.2, 0) is 0 Å². The lowest BCUT2D eigenvalue weighted by molar-refractivity contribution is 1.01. The Bertz CT molecular complexity index is 520. The number of benzene rings is 1. The summed E-state index contributed by atoms with van der Waals surface area (Å²) < 4.78 is 0. The predicted octanol–water partition coefficient (Wildman–Crippen LogP) is 1.16. The number of aromatic nitrogens is 2. The van der Waals surface area contributed by atoms with Gasteiger partial charge >= 0.3 is 0 Å². The molecule has 0 saturated heterocycles. The van der Waals surface area contributed by atoms with Crippen molar-refractivity contribution >= 4 is 28.1 Å². The van der Waals surface area contributed by atoms with Crippen LogP contribution in [0.5, 0.6) is 0 Å². The molecule has 0 fully saturated rings. The van der Waals surface area contributed by atoms with E-state index in [1.807, 2.05) is 0 Å². The van der Waals surface area contributed by atoms with Crippen LogP contribution in [0.15, 0.2) is 23.1 Å². The van der Waals surface area contributed by atoms with E-state index in [0.717, 1.165) is 0 Å². The second kappa shape index (κ2) is 2.74. The molecule has 0 bridgehead atoms. The minimum absolute atomic E-state index is 0.264. The van der Waals surface area contributed by atoms with Crippen molar-refractivity contribution in [2.75, 3.05) is 5.73 Å². The summed E-state index contributed by atoms with van der Waals surface area (Å²) >= 11 is 5.76. The molecule has 2 rings (SSSR count). The molecule has 0 spiro atoms. The lowest BCUT2D eigenvalue weighted by atomic mass is 10.2. The Morgan fingerprint density at radius 3 is 3.00 bits per heavy atom. The normalized spacial score (nSPS) is 10.5. The topological polar surface area (TPSA) is 71.8 Å². The van der Waals surface area contributed by atoms with Crippen LogP contribution in [0.1, 0.15) is 0 Å². The molecule has 66 valence electrons. The fraction of sp³-hybridized carbons (Fsp3) is 0. The van der Waals surface area contributed by atoms with E-state index < -0.39 is 0 Å². The van der Waals surface area contributed by atoms with Crippen molar-refractivity contribution in [1.82, 2.24) is 10.2 Å². The standard InChI is InChI=1S/C8H6ClN3O/c9-6-2-5-4(1-7(6)10)3-11-12-8(5)13/h1-3H,10H2,(H,12,13). The summed E-state index contributed by atoms with van der Waals surface area (Å²) in [7, 11) is 0. The number of nitrogen functional groups attached to an aromatic ring is 1. The first kappa shape index (κ1) is 8.07. The summed E-state index contributed by atoms with van der Waals surface area (Å²) in [5.74, 6) is 0. The summed E-state index contributed by atoms with van der Waals surface area (Å²) in [6.45, 7) is 0. The molecule has 0 aliphatic carbocycles. The van der Waals surface area contributed by atoms with E-state index in [9.17, 15) is 4.79 Å². The Hall–Kier alpha value is -1.55. The summed E-state index contributed by atoms with van der Waals surface area (Å²) in [6, 6.07) is 3.16. The Morgan fingerprint density at radius 1 is 1.46 bits per heavy atom. The maximum atomic E-state index is 11.2. The van der Waals surface area contributed by atoms with Gasteiger partial charge < -0.3 is 5.73 Å². The quantitative estimate of drug-likeness (QED) is 0.620. The van der Waals surface area contributed by atoms with Gasteiger partial charge in [0.1, 0.15) is 0 Å². The van der Waals surface area contributed by atoms with Gasteiger partial charge in [-0.2, -0.15) is 5.10 Å². The molecule has 0 amide bonds. The van der Waals surface area contributed by atoms with Crippen LogP contribution in [0.3, 0.4) is 0 Å². The highest BCUT2D eigenvalue weighted by Crippen LogP contribution is 2.22. The zero-order chi connectivity index (χ0) is 9.42. The molecule has 1 aromatic carbocycles. The molecule has 3 N–H and O–H groups in total. The van der Waals surface area contributed by atoms with Crippen LogP contribution in [0.25, 0.3) is 10.8 Å². The van der Waals surface area contributed by atoms with Gasteiger partial charge in [-0.25, -0.2) is 5.10 Å². The number of halogens is 1. The fourth-order valence-corrected chi connectivity index (χ4v) is 1.30. The molecule has 0 unspecified atom stereocenters. The predicted molar refractivity (Wildman–Crippen MR) is 51.8 cm³/mol. The summed E-state index contributed by atoms with van der Waals surface area (Å²) in [4.78, 5) is 11.2. The van der Waals surface area contributed by atoms with Gasteiger partial charge in [-0.15, -0.1) is 0 Å². The van der Waals surface area contributed by atoms with Gasteiger partial charge in [-0.3, -0.25) is 4.79 Å². The molecule has 0 atom stereocenters. The Kier molecular flexibility index (Phi) is 1.70. The lowest BCUT2D eigenvalue weighted by Gasteiger charge is -1.99. The van der Waals surface area contributed by atoms with E-state index in [2.05, 4.69) is 10.2 Å². The van der Waals surface area contributed by atoms with Gasteiger partial charge in [0.05, 0.1) is 22.3 Å². The van der Waals surface area contributed by atoms with Crippen LogP contribution < -0.4 is 11.3 Å². The second-order valence-electron chi connectivity index (χ2n) is 2.66. The number of nitrogens with zero attached hydrogens (tertiary/aromatic N) is 1. The molecule has 4 nitrogen and oxygen atoms in total. The maximum absolute atomic E-state index is 11.2. The van der Waals surface area contributed by atoms with Gasteiger partial charge in [-0.1, -0.05) is 11.6 Å².